The highest BCUT2D eigenvalue weighted by Crippen LogP contribution is 2.13. The molecular weight excluding hydrogens is 354 g/mol. The van der Waals surface area contributed by atoms with Crippen LogP contribution in [0.2, 0.25) is 5.02 Å². The molecule has 0 aliphatic heterocycles. The highest BCUT2D eigenvalue weighted by molar-refractivity contribution is 6.31. The van der Waals surface area contributed by atoms with Gasteiger partial charge in [0.25, 0.3) is 0 Å². The molecule has 0 saturated heterocycles. The van der Waals surface area contributed by atoms with E-state index in [1.807, 2.05) is 24.3 Å². The minimum Gasteiger partial charge on any atom is -0.354 e. The molecule has 0 aliphatic rings. The molecule has 2 aromatic carbocycles. The molecule has 0 saturated carbocycles. The summed E-state index contributed by atoms with van der Waals surface area (Å²) in [5.74, 6) is -0.358. The fraction of sp³-hybridized carbons (Fsp3) is 0.211. The van der Waals surface area contributed by atoms with Crippen molar-refractivity contribution in [1.82, 2.24) is 14.9 Å². The summed E-state index contributed by atoms with van der Waals surface area (Å²) in [5, 5.41) is 3.23. The standard InChI is InChI=1S/C19H18ClN3O3/c20-14-5-3-4-13(12-14)17(24)8-9-18(25)21-10-11-23-16-7-2-1-6-15(16)22-19(23)26/h1-7,12H,8-11H2,(H,21,25)(H,22,26). The molecule has 0 atom stereocenters. The number of aromatic amines is 1. The minimum absolute atomic E-state index is 0.0914. The van der Waals surface area contributed by atoms with E-state index in [9.17, 15) is 14.4 Å². The maximum Gasteiger partial charge on any atom is 0.326 e. The molecule has 6 nitrogen and oxygen atoms in total. The lowest BCUT2D eigenvalue weighted by Gasteiger charge is -2.06. The van der Waals surface area contributed by atoms with Crippen molar-refractivity contribution >= 4 is 34.3 Å². The maximum absolute atomic E-state index is 12.1. The summed E-state index contributed by atoms with van der Waals surface area (Å²) in [4.78, 5) is 38.7. The van der Waals surface area contributed by atoms with Gasteiger partial charge in [-0.1, -0.05) is 35.9 Å². The number of carbonyl (C=O) groups is 2. The Kier molecular flexibility index (Phi) is 5.53. The predicted octanol–water partition coefficient (Wildman–Crippen LogP) is 2.76. The third-order valence-corrected chi connectivity index (χ3v) is 4.30. The molecule has 1 amide bonds. The van der Waals surface area contributed by atoms with Gasteiger partial charge >= 0.3 is 5.69 Å². The van der Waals surface area contributed by atoms with Crippen molar-refractivity contribution in [3.63, 3.8) is 0 Å². The SMILES string of the molecule is O=C(CCC(=O)c1cccc(Cl)c1)NCCn1c(=O)[nH]c2ccccc21. The molecule has 134 valence electrons. The van der Waals surface area contributed by atoms with Gasteiger partial charge in [-0.15, -0.1) is 0 Å². The Labute approximate surface area is 154 Å². The molecule has 0 spiro atoms. The van der Waals surface area contributed by atoms with Crippen LogP contribution in [0, 0.1) is 0 Å². The third kappa shape index (κ3) is 4.21. The van der Waals surface area contributed by atoms with Crippen LogP contribution in [0.5, 0.6) is 0 Å². The second-order valence-electron chi connectivity index (χ2n) is 5.88. The number of halogens is 1. The van der Waals surface area contributed by atoms with Crippen LogP contribution in [0.25, 0.3) is 11.0 Å². The molecule has 3 aromatic rings. The van der Waals surface area contributed by atoms with E-state index in [0.29, 0.717) is 23.7 Å². The second kappa shape index (κ2) is 8.01. The Bertz CT molecular complexity index is 1010. The minimum atomic E-state index is -0.228. The van der Waals surface area contributed by atoms with Gasteiger partial charge in [0.1, 0.15) is 0 Å². The van der Waals surface area contributed by atoms with Gasteiger partial charge in [-0.2, -0.15) is 0 Å². The van der Waals surface area contributed by atoms with E-state index in [4.69, 9.17) is 11.6 Å². The van der Waals surface area contributed by atoms with E-state index in [1.54, 1.807) is 28.8 Å². The summed E-state index contributed by atoms with van der Waals surface area (Å²) in [6.07, 6.45) is 0.202. The molecule has 0 bridgehead atoms. The molecule has 2 N–H and O–H groups in total. The highest BCUT2D eigenvalue weighted by atomic mass is 35.5. The van der Waals surface area contributed by atoms with Gasteiger partial charge in [-0.3, -0.25) is 14.2 Å². The fourth-order valence-electron chi connectivity index (χ4n) is 2.76. The molecule has 7 heteroatoms. The van der Waals surface area contributed by atoms with Crippen molar-refractivity contribution in [2.24, 2.45) is 0 Å². The van der Waals surface area contributed by atoms with E-state index in [-0.39, 0.29) is 30.2 Å². The van der Waals surface area contributed by atoms with Crippen LogP contribution >= 0.6 is 11.6 Å². The van der Waals surface area contributed by atoms with Crippen molar-refractivity contribution in [3.05, 3.63) is 69.6 Å². The van der Waals surface area contributed by atoms with E-state index < -0.39 is 0 Å². The number of fused-ring (bicyclic) bond motifs is 1. The number of hydrogen-bond donors (Lipinski definition) is 2. The smallest absolute Gasteiger partial charge is 0.326 e. The molecule has 0 unspecified atom stereocenters. The number of nitrogens with zero attached hydrogens (tertiary/aromatic N) is 1. The maximum atomic E-state index is 12.1. The second-order valence-corrected chi connectivity index (χ2v) is 6.32. The Balaban J connectivity index is 1.49. The van der Waals surface area contributed by atoms with Gasteiger partial charge in [0.05, 0.1) is 11.0 Å². The quantitative estimate of drug-likeness (QED) is 0.626. The zero-order valence-corrected chi connectivity index (χ0v) is 14.8. The average Bonchev–Trinajstić information content (AvgIpc) is 2.95. The van der Waals surface area contributed by atoms with Crippen molar-refractivity contribution in [3.8, 4) is 0 Å². The first kappa shape index (κ1) is 17.9. The van der Waals surface area contributed by atoms with Crippen LogP contribution in [0.3, 0.4) is 0 Å². The van der Waals surface area contributed by atoms with Crippen LogP contribution in [0.4, 0.5) is 0 Å². The molecule has 1 heterocycles. The average molecular weight is 372 g/mol. The number of nitrogens with one attached hydrogen (secondary N) is 2. The summed E-state index contributed by atoms with van der Waals surface area (Å²) < 4.78 is 1.58. The summed E-state index contributed by atoms with van der Waals surface area (Å²) in [6.45, 7) is 0.669. The number of amides is 1. The van der Waals surface area contributed by atoms with Crippen molar-refractivity contribution in [1.29, 1.82) is 0 Å². The Morgan fingerprint density at radius 3 is 2.69 bits per heavy atom. The molecule has 1 aromatic heterocycles. The third-order valence-electron chi connectivity index (χ3n) is 4.06. The van der Waals surface area contributed by atoms with E-state index in [0.717, 1.165) is 11.0 Å². The van der Waals surface area contributed by atoms with Gasteiger partial charge in [-0.25, -0.2) is 4.79 Å². The summed E-state index contributed by atoms with van der Waals surface area (Å²) >= 11 is 5.86. The summed E-state index contributed by atoms with van der Waals surface area (Å²) in [5.41, 5.74) is 1.84. The van der Waals surface area contributed by atoms with Crippen LogP contribution in [-0.4, -0.2) is 27.8 Å². The highest BCUT2D eigenvalue weighted by Gasteiger charge is 2.10. The molecule has 0 fully saturated rings. The van der Waals surface area contributed by atoms with Crippen LogP contribution in [0.1, 0.15) is 23.2 Å². The summed E-state index contributed by atoms with van der Waals surface area (Å²) in [7, 11) is 0. The molecular formula is C19H18ClN3O3. The number of benzene rings is 2. The molecule has 0 aliphatic carbocycles. The fourth-order valence-corrected chi connectivity index (χ4v) is 2.95. The number of ketones is 1. The largest absolute Gasteiger partial charge is 0.354 e. The topological polar surface area (TPSA) is 84.0 Å². The normalized spacial score (nSPS) is 10.8. The van der Waals surface area contributed by atoms with E-state index in [2.05, 4.69) is 10.3 Å². The molecule has 0 radical (unpaired) electrons. The zero-order valence-electron chi connectivity index (χ0n) is 14.0. The first-order valence-electron chi connectivity index (χ1n) is 8.27. The van der Waals surface area contributed by atoms with Crippen molar-refractivity contribution in [2.75, 3.05) is 6.54 Å². The van der Waals surface area contributed by atoms with E-state index >= 15 is 0 Å². The number of carbonyl (C=O) groups excluding carboxylic acids is 2. The van der Waals surface area contributed by atoms with Gasteiger partial charge in [0.2, 0.25) is 5.91 Å². The number of aromatic nitrogens is 2. The Morgan fingerprint density at radius 1 is 1.08 bits per heavy atom. The number of hydrogen-bond acceptors (Lipinski definition) is 3. The number of imidazole rings is 1. The zero-order chi connectivity index (χ0) is 18.5. The van der Waals surface area contributed by atoms with Crippen molar-refractivity contribution < 1.29 is 9.59 Å². The van der Waals surface area contributed by atoms with Gasteiger partial charge < -0.3 is 10.3 Å². The van der Waals surface area contributed by atoms with Crippen LogP contribution in [0.15, 0.2) is 53.3 Å². The summed E-state index contributed by atoms with van der Waals surface area (Å²) in [6, 6.07) is 14.0. The van der Waals surface area contributed by atoms with Gasteiger partial charge in [-0.05, 0) is 24.3 Å². The number of H-pyrrole nitrogens is 1. The monoisotopic (exact) mass is 371 g/mol. The predicted molar refractivity (Wildman–Crippen MR) is 101 cm³/mol. The van der Waals surface area contributed by atoms with Crippen LogP contribution in [-0.2, 0) is 11.3 Å². The van der Waals surface area contributed by atoms with E-state index in [1.165, 1.54) is 0 Å². The number of para-hydroxylation sites is 2. The molecule has 26 heavy (non-hydrogen) atoms. The lowest BCUT2D eigenvalue weighted by atomic mass is 10.1. The first-order chi connectivity index (χ1) is 12.5. The van der Waals surface area contributed by atoms with Crippen LogP contribution < -0.4 is 11.0 Å². The lowest BCUT2D eigenvalue weighted by Crippen LogP contribution is -2.30. The Morgan fingerprint density at radius 2 is 1.88 bits per heavy atom. The van der Waals surface area contributed by atoms with Crippen molar-refractivity contribution in [2.45, 2.75) is 19.4 Å². The first-order valence-corrected chi connectivity index (χ1v) is 8.65. The van der Waals surface area contributed by atoms with Gasteiger partial charge in [0.15, 0.2) is 5.78 Å². The van der Waals surface area contributed by atoms with Gasteiger partial charge in [0, 0.05) is 36.5 Å². The lowest BCUT2D eigenvalue weighted by molar-refractivity contribution is -0.121. The molecule has 3 rings (SSSR count). The number of Topliss-reactive ketones (excluding diaryl/α,β-unsaturated/α-hetero) is 1. The Hall–Kier alpha value is -2.86. The number of rotatable bonds is 7.